The number of nitrogens with zero attached hydrogens (tertiary/aromatic N) is 1. The molecule has 0 bridgehead atoms. The fraction of sp³-hybridized carbons (Fsp3) is 0.412. The van der Waals surface area contributed by atoms with E-state index in [1.54, 1.807) is 18.2 Å². The molecular weight excluding hydrogens is 502 g/mol. The van der Waals surface area contributed by atoms with Crippen LogP contribution in [-0.4, -0.2) is 45.3 Å². The summed E-state index contributed by atoms with van der Waals surface area (Å²) >= 11 is 5.10. The Labute approximate surface area is 185 Å². The van der Waals surface area contributed by atoms with Crippen LogP contribution in [0.2, 0.25) is 0 Å². The highest BCUT2D eigenvalue weighted by Crippen LogP contribution is 2.57. The summed E-state index contributed by atoms with van der Waals surface area (Å²) in [6.07, 6.45) is -9.86. The Hall–Kier alpha value is -2.16. The molecule has 16 heteroatoms. The minimum Gasteiger partial charge on any atom is -0.424 e. The van der Waals surface area contributed by atoms with E-state index in [1.807, 2.05) is 0 Å². The first-order valence-corrected chi connectivity index (χ1v) is 11.6. The molecule has 0 aliphatic carbocycles. The monoisotopic (exact) mass is 516 g/mol. The summed E-state index contributed by atoms with van der Waals surface area (Å²) in [6, 6.07) is 6.43. The standard InChI is InChI=1S/C17H14F5N2O7PS/c18-9-5-24(15(27)23-11(9)25)14-17(21,22)12(26)16(30-14,13(19)20)7-29-32(33)28-6-8-3-1-2-4-10(8)31-32/h1-5,12-14,26H,6-7H2,(H,23,25,27)/t12-,14-,16-,32?/m1/s1. The quantitative estimate of drug-likeness (QED) is 0.459. The molecule has 1 saturated heterocycles. The first-order chi connectivity index (χ1) is 15.4. The van der Waals surface area contributed by atoms with Crippen LogP contribution >= 0.6 is 6.72 Å². The Bertz CT molecular complexity index is 1240. The van der Waals surface area contributed by atoms with E-state index in [1.165, 1.54) is 11.1 Å². The maximum atomic E-state index is 14.8. The zero-order valence-corrected chi connectivity index (χ0v) is 17.8. The van der Waals surface area contributed by atoms with Gasteiger partial charge < -0.3 is 14.4 Å². The molecule has 2 aromatic rings. The molecule has 0 amide bonds. The molecule has 2 N–H and O–H groups in total. The zero-order chi connectivity index (χ0) is 24.2. The van der Waals surface area contributed by atoms with Crippen LogP contribution < -0.4 is 15.8 Å². The molecule has 3 heterocycles. The van der Waals surface area contributed by atoms with Crippen molar-refractivity contribution in [1.29, 1.82) is 0 Å². The third-order valence-corrected chi connectivity index (χ3v) is 7.21. The summed E-state index contributed by atoms with van der Waals surface area (Å²) in [7, 11) is 0. The Balaban J connectivity index is 1.65. The molecule has 2 aliphatic heterocycles. The van der Waals surface area contributed by atoms with E-state index >= 15 is 0 Å². The van der Waals surface area contributed by atoms with Crippen molar-refractivity contribution in [2.24, 2.45) is 0 Å². The first-order valence-electron chi connectivity index (χ1n) is 9.09. The first kappa shape index (κ1) is 24.0. The number of aliphatic hydroxyl groups excluding tert-OH is 1. The van der Waals surface area contributed by atoms with E-state index < -0.39 is 60.7 Å². The Morgan fingerprint density at radius 2 is 2.03 bits per heavy atom. The number of hydrogen-bond acceptors (Lipinski definition) is 8. The van der Waals surface area contributed by atoms with Crippen molar-refractivity contribution >= 4 is 18.5 Å². The fourth-order valence-corrected chi connectivity index (χ4v) is 5.10. The third-order valence-electron chi connectivity index (χ3n) is 5.04. The maximum Gasteiger partial charge on any atom is 0.381 e. The van der Waals surface area contributed by atoms with Crippen LogP contribution in [0.3, 0.4) is 0 Å². The van der Waals surface area contributed by atoms with Gasteiger partial charge in [-0.3, -0.25) is 23.4 Å². The summed E-state index contributed by atoms with van der Waals surface area (Å²) in [4.78, 5) is 24.5. The summed E-state index contributed by atoms with van der Waals surface area (Å²) in [6.45, 7) is -5.30. The number of aliphatic hydroxyl groups is 1. The molecule has 1 aromatic heterocycles. The largest absolute Gasteiger partial charge is 0.424 e. The van der Waals surface area contributed by atoms with Gasteiger partial charge in [-0.2, -0.15) is 13.2 Å². The van der Waals surface area contributed by atoms with Crippen LogP contribution in [0, 0.1) is 5.82 Å². The number of para-hydroxylation sites is 1. The number of hydrogen-bond donors (Lipinski definition) is 2. The number of H-pyrrole nitrogens is 1. The van der Waals surface area contributed by atoms with Crippen LogP contribution in [0.25, 0.3) is 0 Å². The normalized spacial score (nSPS) is 30.8. The highest BCUT2D eigenvalue weighted by Gasteiger charge is 2.71. The average molecular weight is 516 g/mol. The minimum absolute atomic E-state index is 0.0563. The highest BCUT2D eigenvalue weighted by atomic mass is 32.5. The maximum absolute atomic E-state index is 14.8. The molecule has 1 fully saturated rings. The van der Waals surface area contributed by atoms with E-state index in [2.05, 4.69) is 0 Å². The van der Waals surface area contributed by atoms with Crippen LogP contribution in [0.15, 0.2) is 40.1 Å². The van der Waals surface area contributed by atoms with E-state index in [0.29, 0.717) is 5.56 Å². The molecule has 1 unspecified atom stereocenters. The van der Waals surface area contributed by atoms with Gasteiger partial charge in [-0.1, -0.05) is 18.2 Å². The van der Waals surface area contributed by atoms with Crippen molar-refractivity contribution < 1.29 is 45.4 Å². The van der Waals surface area contributed by atoms with Crippen molar-refractivity contribution in [1.82, 2.24) is 9.55 Å². The smallest absolute Gasteiger partial charge is 0.381 e. The topological polar surface area (TPSA) is 112 Å². The van der Waals surface area contributed by atoms with E-state index in [-0.39, 0.29) is 23.1 Å². The molecule has 2 aliphatic rings. The Morgan fingerprint density at radius 1 is 1.33 bits per heavy atom. The van der Waals surface area contributed by atoms with Gasteiger partial charge >= 0.3 is 18.3 Å². The van der Waals surface area contributed by atoms with Crippen LogP contribution in [-0.2, 0) is 32.2 Å². The number of aromatic amines is 1. The fourth-order valence-electron chi connectivity index (χ4n) is 3.29. The van der Waals surface area contributed by atoms with E-state index in [4.69, 9.17) is 30.1 Å². The average Bonchev–Trinajstić information content (AvgIpc) is 2.96. The van der Waals surface area contributed by atoms with E-state index in [9.17, 15) is 36.6 Å². The summed E-state index contributed by atoms with van der Waals surface area (Å²) in [5, 5.41) is 10.1. The lowest BCUT2D eigenvalue weighted by Gasteiger charge is -2.34. The van der Waals surface area contributed by atoms with Gasteiger partial charge in [0.1, 0.15) is 5.75 Å². The number of rotatable bonds is 5. The van der Waals surface area contributed by atoms with Crippen LogP contribution in [0.5, 0.6) is 5.75 Å². The van der Waals surface area contributed by atoms with Crippen molar-refractivity contribution in [3.8, 4) is 5.75 Å². The minimum atomic E-state index is -4.54. The van der Waals surface area contributed by atoms with Crippen molar-refractivity contribution in [3.05, 3.63) is 62.7 Å². The molecule has 33 heavy (non-hydrogen) atoms. The molecule has 9 nitrogen and oxygen atoms in total. The number of ether oxygens (including phenoxy) is 1. The van der Waals surface area contributed by atoms with Crippen molar-refractivity contribution in [2.75, 3.05) is 6.61 Å². The summed E-state index contributed by atoms with van der Waals surface area (Å²) in [5.74, 6) is -5.96. The predicted octanol–water partition coefficient (Wildman–Crippen LogP) is 2.05. The number of aromatic nitrogens is 2. The van der Waals surface area contributed by atoms with Crippen LogP contribution in [0.4, 0.5) is 22.0 Å². The second-order valence-electron chi connectivity index (χ2n) is 7.14. The van der Waals surface area contributed by atoms with E-state index in [0.717, 1.165) is 0 Å². The molecule has 180 valence electrons. The number of fused-ring (bicyclic) bond motifs is 1. The van der Waals surface area contributed by atoms with Gasteiger partial charge in [0.2, 0.25) is 12.0 Å². The summed E-state index contributed by atoms with van der Waals surface area (Å²) in [5.41, 5.74) is -5.93. The second-order valence-corrected chi connectivity index (χ2v) is 10.1. The lowest BCUT2D eigenvalue weighted by molar-refractivity contribution is -0.193. The molecule has 4 rings (SSSR count). The molecule has 0 radical (unpaired) electrons. The van der Waals surface area contributed by atoms with Gasteiger partial charge in [0.15, 0.2) is 11.7 Å². The van der Waals surface area contributed by atoms with Gasteiger partial charge in [0.25, 0.3) is 12.0 Å². The van der Waals surface area contributed by atoms with Crippen LogP contribution in [0.1, 0.15) is 11.8 Å². The van der Waals surface area contributed by atoms with Gasteiger partial charge in [0.05, 0.1) is 19.4 Å². The Kier molecular flexibility index (Phi) is 6.00. The molecule has 0 saturated carbocycles. The zero-order valence-electron chi connectivity index (χ0n) is 16.1. The van der Waals surface area contributed by atoms with Gasteiger partial charge in [-0.25, -0.2) is 13.6 Å². The number of benzene rings is 1. The molecule has 0 spiro atoms. The molecule has 1 aromatic carbocycles. The predicted molar refractivity (Wildman–Crippen MR) is 103 cm³/mol. The third kappa shape index (κ3) is 4.02. The molecule has 4 atom stereocenters. The highest BCUT2D eigenvalue weighted by molar-refractivity contribution is 8.07. The lowest BCUT2D eigenvalue weighted by atomic mass is 9.96. The summed E-state index contributed by atoms with van der Waals surface area (Å²) < 4.78 is 91.7. The SMILES string of the molecule is O=c1[nH]c(=O)n([C@@H]2O[C@@](COP3(=S)OCc4ccccc4O3)(C(F)F)[C@@H](O)C2(F)F)cc1F. The second kappa shape index (κ2) is 8.25. The molecular formula is C17H14F5N2O7PS. The Morgan fingerprint density at radius 3 is 2.73 bits per heavy atom. The lowest BCUT2D eigenvalue weighted by Crippen LogP contribution is -2.54. The number of halogens is 5. The van der Waals surface area contributed by atoms with Gasteiger partial charge in [-0.05, 0) is 6.07 Å². The van der Waals surface area contributed by atoms with Crippen molar-refractivity contribution in [3.63, 3.8) is 0 Å². The number of nitrogens with one attached hydrogen (secondary N) is 1. The number of alkyl halides is 4. The van der Waals surface area contributed by atoms with Crippen molar-refractivity contribution in [2.45, 2.75) is 36.9 Å². The van der Waals surface area contributed by atoms with Gasteiger partial charge in [0, 0.05) is 17.4 Å². The van der Waals surface area contributed by atoms with Gasteiger partial charge in [-0.15, -0.1) is 0 Å².